The van der Waals surface area contributed by atoms with Crippen LogP contribution in [-0.2, 0) is 13.0 Å². The van der Waals surface area contributed by atoms with Gasteiger partial charge in [-0.05, 0) is 50.9 Å². The van der Waals surface area contributed by atoms with Crippen molar-refractivity contribution in [3.63, 3.8) is 0 Å². The molecule has 0 saturated heterocycles. The minimum absolute atomic E-state index is 0.942. The van der Waals surface area contributed by atoms with Gasteiger partial charge in [0.1, 0.15) is 5.82 Å². The molecule has 1 N–H and O–H groups in total. The van der Waals surface area contributed by atoms with Crippen molar-refractivity contribution in [2.45, 2.75) is 47.1 Å². The first-order chi connectivity index (χ1) is 8.74. The number of hydrogen-bond donors (Lipinski definition) is 1. The molecule has 3 nitrogen and oxygen atoms in total. The van der Waals surface area contributed by atoms with Crippen molar-refractivity contribution >= 4 is 5.82 Å². The molecule has 1 rings (SSSR count). The Kier molecular flexibility index (Phi) is 6.73. The lowest BCUT2D eigenvalue weighted by Crippen LogP contribution is -2.24. The second kappa shape index (κ2) is 8.09. The van der Waals surface area contributed by atoms with Crippen molar-refractivity contribution in [2.75, 3.05) is 24.5 Å². The number of aryl methyl sites for hydroxylation is 1. The van der Waals surface area contributed by atoms with Crippen molar-refractivity contribution in [3.05, 3.63) is 23.4 Å². The van der Waals surface area contributed by atoms with E-state index in [0.717, 1.165) is 38.4 Å². The Hall–Kier alpha value is -1.09. The standard InChI is InChI=1S/C15H27N3/c1-5-9-16-12-13-10-14(6-2)17-15(11-13)18(7-3)8-4/h10-11,16H,5-9,12H2,1-4H3. The zero-order valence-electron chi connectivity index (χ0n) is 12.3. The van der Waals surface area contributed by atoms with Crippen LogP contribution in [0.3, 0.4) is 0 Å². The third kappa shape index (κ3) is 4.30. The molecule has 0 aliphatic heterocycles. The largest absolute Gasteiger partial charge is 0.357 e. The number of rotatable bonds is 8. The van der Waals surface area contributed by atoms with Crippen LogP contribution in [0.15, 0.2) is 12.1 Å². The van der Waals surface area contributed by atoms with Crippen LogP contribution in [0.25, 0.3) is 0 Å². The van der Waals surface area contributed by atoms with Crippen LogP contribution < -0.4 is 10.2 Å². The van der Waals surface area contributed by atoms with Crippen molar-refractivity contribution in [1.29, 1.82) is 0 Å². The summed E-state index contributed by atoms with van der Waals surface area (Å²) in [5.41, 5.74) is 2.53. The Morgan fingerprint density at radius 2 is 1.83 bits per heavy atom. The normalized spacial score (nSPS) is 10.7. The van der Waals surface area contributed by atoms with E-state index in [1.165, 1.54) is 17.7 Å². The molecule has 1 heterocycles. The smallest absolute Gasteiger partial charge is 0.129 e. The Morgan fingerprint density at radius 3 is 2.39 bits per heavy atom. The number of nitrogens with one attached hydrogen (secondary N) is 1. The van der Waals surface area contributed by atoms with Crippen molar-refractivity contribution < 1.29 is 0 Å². The molecular formula is C15H27N3. The zero-order chi connectivity index (χ0) is 13.4. The molecule has 0 aliphatic carbocycles. The highest BCUT2D eigenvalue weighted by atomic mass is 15.2. The van der Waals surface area contributed by atoms with E-state index in [9.17, 15) is 0 Å². The molecule has 0 unspecified atom stereocenters. The first-order valence-corrected chi connectivity index (χ1v) is 7.20. The Bertz CT molecular complexity index is 346. The Balaban J connectivity index is 2.86. The first-order valence-electron chi connectivity index (χ1n) is 7.20. The number of aromatic nitrogens is 1. The second-order valence-corrected chi connectivity index (χ2v) is 4.53. The Labute approximate surface area is 112 Å². The van der Waals surface area contributed by atoms with Crippen LogP contribution in [0.5, 0.6) is 0 Å². The van der Waals surface area contributed by atoms with Gasteiger partial charge in [-0.1, -0.05) is 13.8 Å². The van der Waals surface area contributed by atoms with Crippen molar-refractivity contribution in [2.24, 2.45) is 0 Å². The monoisotopic (exact) mass is 249 g/mol. The minimum Gasteiger partial charge on any atom is -0.357 e. The summed E-state index contributed by atoms with van der Waals surface area (Å²) < 4.78 is 0. The number of nitrogens with zero attached hydrogens (tertiary/aromatic N) is 2. The van der Waals surface area contributed by atoms with E-state index < -0.39 is 0 Å². The molecule has 0 aromatic carbocycles. The van der Waals surface area contributed by atoms with E-state index in [2.05, 4.69) is 50.0 Å². The summed E-state index contributed by atoms with van der Waals surface area (Å²) in [4.78, 5) is 7.03. The zero-order valence-corrected chi connectivity index (χ0v) is 12.3. The molecule has 0 radical (unpaired) electrons. The fourth-order valence-corrected chi connectivity index (χ4v) is 2.04. The van der Waals surface area contributed by atoms with Gasteiger partial charge < -0.3 is 10.2 Å². The highest BCUT2D eigenvalue weighted by Crippen LogP contribution is 2.15. The van der Waals surface area contributed by atoms with E-state index in [1.54, 1.807) is 0 Å². The lowest BCUT2D eigenvalue weighted by Gasteiger charge is -2.21. The van der Waals surface area contributed by atoms with Gasteiger partial charge in [0.25, 0.3) is 0 Å². The molecule has 0 bridgehead atoms. The molecule has 0 amide bonds. The number of hydrogen-bond acceptors (Lipinski definition) is 3. The third-order valence-electron chi connectivity index (χ3n) is 3.13. The van der Waals surface area contributed by atoms with Gasteiger partial charge in [0.05, 0.1) is 0 Å². The molecule has 18 heavy (non-hydrogen) atoms. The highest BCUT2D eigenvalue weighted by molar-refractivity contribution is 5.42. The summed E-state index contributed by atoms with van der Waals surface area (Å²) in [5.74, 6) is 1.12. The minimum atomic E-state index is 0.942. The summed E-state index contributed by atoms with van der Waals surface area (Å²) in [7, 11) is 0. The molecule has 102 valence electrons. The first kappa shape index (κ1) is 15.0. The van der Waals surface area contributed by atoms with Crippen LogP contribution in [0.1, 0.15) is 45.4 Å². The number of pyridine rings is 1. The van der Waals surface area contributed by atoms with E-state index in [4.69, 9.17) is 4.98 Å². The van der Waals surface area contributed by atoms with E-state index in [0.29, 0.717) is 0 Å². The summed E-state index contributed by atoms with van der Waals surface area (Å²) in [6, 6.07) is 4.43. The average molecular weight is 249 g/mol. The predicted octanol–water partition coefficient (Wildman–Crippen LogP) is 2.99. The SMILES string of the molecule is CCCNCc1cc(CC)nc(N(CC)CC)c1. The average Bonchev–Trinajstić information content (AvgIpc) is 2.40. The van der Waals surface area contributed by atoms with Crippen LogP contribution in [0.2, 0.25) is 0 Å². The van der Waals surface area contributed by atoms with Gasteiger partial charge in [-0.15, -0.1) is 0 Å². The maximum Gasteiger partial charge on any atom is 0.129 e. The molecular weight excluding hydrogens is 222 g/mol. The molecule has 1 aromatic rings. The van der Waals surface area contributed by atoms with E-state index in [1.807, 2.05) is 0 Å². The van der Waals surface area contributed by atoms with Gasteiger partial charge in [-0.25, -0.2) is 4.98 Å². The van der Waals surface area contributed by atoms with E-state index >= 15 is 0 Å². The molecule has 3 heteroatoms. The van der Waals surface area contributed by atoms with Gasteiger partial charge in [-0.2, -0.15) is 0 Å². The molecule has 1 aromatic heterocycles. The fraction of sp³-hybridized carbons (Fsp3) is 0.667. The fourth-order valence-electron chi connectivity index (χ4n) is 2.04. The topological polar surface area (TPSA) is 28.2 Å². The lowest BCUT2D eigenvalue weighted by molar-refractivity contribution is 0.673. The third-order valence-corrected chi connectivity index (χ3v) is 3.13. The van der Waals surface area contributed by atoms with Gasteiger partial charge >= 0.3 is 0 Å². The van der Waals surface area contributed by atoms with Crippen LogP contribution in [0.4, 0.5) is 5.82 Å². The lowest BCUT2D eigenvalue weighted by atomic mass is 10.2. The Morgan fingerprint density at radius 1 is 1.11 bits per heavy atom. The van der Waals surface area contributed by atoms with Crippen molar-refractivity contribution in [1.82, 2.24) is 10.3 Å². The van der Waals surface area contributed by atoms with Crippen LogP contribution in [-0.4, -0.2) is 24.6 Å². The summed E-state index contributed by atoms with van der Waals surface area (Å²) >= 11 is 0. The van der Waals surface area contributed by atoms with Gasteiger partial charge in [0.2, 0.25) is 0 Å². The molecule has 0 spiro atoms. The van der Waals surface area contributed by atoms with Crippen LogP contribution in [0, 0.1) is 0 Å². The summed E-state index contributed by atoms with van der Waals surface area (Å²) in [6.45, 7) is 12.8. The van der Waals surface area contributed by atoms with Crippen molar-refractivity contribution in [3.8, 4) is 0 Å². The number of anilines is 1. The maximum absolute atomic E-state index is 4.72. The van der Waals surface area contributed by atoms with E-state index in [-0.39, 0.29) is 0 Å². The molecule has 0 fully saturated rings. The second-order valence-electron chi connectivity index (χ2n) is 4.53. The van der Waals surface area contributed by atoms with Gasteiger partial charge in [0, 0.05) is 25.3 Å². The summed E-state index contributed by atoms with van der Waals surface area (Å²) in [6.07, 6.45) is 2.17. The van der Waals surface area contributed by atoms with Gasteiger partial charge in [0.15, 0.2) is 0 Å². The molecule has 0 saturated carbocycles. The molecule has 0 aliphatic rings. The predicted molar refractivity (Wildman–Crippen MR) is 79.2 cm³/mol. The summed E-state index contributed by atoms with van der Waals surface area (Å²) in [5, 5.41) is 3.46. The molecule has 0 atom stereocenters. The van der Waals surface area contributed by atoms with Gasteiger partial charge in [-0.3, -0.25) is 0 Å². The maximum atomic E-state index is 4.72. The highest BCUT2D eigenvalue weighted by Gasteiger charge is 2.06. The quantitative estimate of drug-likeness (QED) is 0.718. The van der Waals surface area contributed by atoms with Crippen LogP contribution >= 0.6 is 0 Å².